The molecule has 1 aliphatic rings. The van der Waals surface area contributed by atoms with Gasteiger partial charge in [-0.25, -0.2) is 4.98 Å². The largest absolute Gasteiger partial charge is 0.497 e. The van der Waals surface area contributed by atoms with E-state index in [1.807, 2.05) is 24.3 Å². The van der Waals surface area contributed by atoms with Crippen LogP contribution in [-0.2, 0) is 24.1 Å². The van der Waals surface area contributed by atoms with Crippen LogP contribution in [0.15, 0.2) is 24.3 Å². The van der Waals surface area contributed by atoms with Crippen LogP contribution >= 0.6 is 11.3 Å². The topological polar surface area (TPSA) is 51.2 Å². The molecular formula is C17H20N2O2S. The van der Waals surface area contributed by atoms with Gasteiger partial charge in [0.25, 0.3) is 0 Å². The van der Waals surface area contributed by atoms with Crippen LogP contribution in [0, 0.1) is 0 Å². The number of hydrogen-bond acceptors (Lipinski definition) is 4. The highest BCUT2D eigenvalue weighted by Crippen LogP contribution is 2.29. The fourth-order valence-electron chi connectivity index (χ4n) is 2.64. The van der Waals surface area contributed by atoms with Gasteiger partial charge in [0.15, 0.2) is 5.13 Å². The van der Waals surface area contributed by atoms with E-state index < -0.39 is 0 Å². The molecule has 0 saturated carbocycles. The molecule has 0 aliphatic heterocycles. The van der Waals surface area contributed by atoms with Gasteiger partial charge >= 0.3 is 0 Å². The molecule has 0 radical (unpaired) electrons. The minimum Gasteiger partial charge on any atom is -0.497 e. The van der Waals surface area contributed by atoms with Gasteiger partial charge < -0.3 is 10.1 Å². The normalized spacial score (nSPS) is 13.5. The van der Waals surface area contributed by atoms with Crippen LogP contribution in [0.1, 0.15) is 35.4 Å². The SMILES string of the molecule is COc1ccc(CCC(=O)Nc2nc3c(s2)CCCC3)cc1. The van der Waals surface area contributed by atoms with Crippen LogP contribution in [0.25, 0.3) is 0 Å². The van der Waals surface area contributed by atoms with Gasteiger partial charge in [0.2, 0.25) is 5.91 Å². The molecule has 0 bridgehead atoms. The summed E-state index contributed by atoms with van der Waals surface area (Å²) in [5.74, 6) is 0.864. The molecule has 5 heteroatoms. The number of rotatable bonds is 5. The predicted octanol–water partition coefficient (Wildman–Crippen LogP) is 3.60. The summed E-state index contributed by atoms with van der Waals surface area (Å²) in [4.78, 5) is 17.9. The second kappa shape index (κ2) is 6.92. The lowest BCUT2D eigenvalue weighted by atomic mass is 10.0. The van der Waals surface area contributed by atoms with Crippen LogP contribution in [0.4, 0.5) is 5.13 Å². The molecular weight excluding hydrogens is 296 g/mol. The third kappa shape index (κ3) is 3.65. The fourth-order valence-corrected chi connectivity index (χ4v) is 3.70. The number of nitrogens with zero attached hydrogens (tertiary/aromatic N) is 1. The number of thiazole rings is 1. The number of methoxy groups -OCH3 is 1. The molecule has 0 unspecified atom stereocenters. The van der Waals surface area contributed by atoms with Crippen molar-refractivity contribution in [2.24, 2.45) is 0 Å². The number of aromatic nitrogens is 1. The van der Waals surface area contributed by atoms with Crippen LogP contribution < -0.4 is 10.1 Å². The number of amides is 1. The molecule has 3 rings (SSSR count). The highest BCUT2D eigenvalue weighted by atomic mass is 32.1. The van der Waals surface area contributed by atoms with Gasteiger partial charge in [-0.05, 0) is 49.8 Å². The quantitative estimate of drug-likeness (QED) is 0.917. The molecule has 1 aliphatic carbocycles. The summed E-state index contributed by atoms with van der Waals surface area (Å²) >= 11 is 1.63. The minimum absolute atomic E-state index is 0.0296. The molecule has 1 aromatic carbocycles. The second-order valence-corrected chi connectivity index (χ2v) is 6.58. The summed E-state index contributed by atoms with van der Waals surface area (Å²) < 4.78 is 5.13. The van der Waals surface area contributed by atoms with Crippen molar-refractivity contribution in [1.29, 1.82) is 0 Å². The molecule has 1 aromatic heterocycles. The molecule has 1 amide bonds. The van der Waals surface area contributed by atoms with E-state index in [2.05, 4.69) is 10.3 Å². The molecule has 22 heavy (non-hydrogen) atoms. The first-order valence-corrected chi connectivity index (χ1v) is 8.47. The van der Waals surface area contributed by atoms with Crippen molar-refractivity contribution in [3.8, 4) is 5.75 Å². The lowest BCUT2D eigenvalue weighted by Crippen LogP contribution is -2.12. The van der Waals surface area contributed by atoms with Gasteiger partial charge in [-0.2, -0.15) is 0 Å². The summed E-state index contributed by atoms with van der Waals surface area (Å²) in [7, 11) is 1.65. The van der Waals surface area contributed by atoms with Crippen molar-refractivity contribution in [3.63, 3.8) is 0 Å². The van der Waals surface area contributed by atoms with E-state index in [4.69, 9.17) is 4.74 Å². The summed E-state index contributed by atoms with van der Waals surface area (Å²) in [5.41, 5.74) is 2.32. The van der Waals surface area contributed by atoms with Crippen molar-refractivity contribution in [3.05, 3.63) is 40.4 Å². The van der Waals surface area contributed by atoms with Gasteiger partial charge in [0, 0.05) is 11.3 Å². The number of nitrogens with one attached hydrogen (secondary N) is 1. The van der Waals surface area contributed by atoms with E-state index in [9.17, 15) is 4.79 Å². The maximum absolute atomic E-state index is 12.1. The molecule has 0 atom stereocenters. The highest BCUT2D eigenvalue weighted by Gasteiger charge is 2.16. The maximum Gasteiger partial charge on any atom is 0.226 e. The zero-order valence-electron chi connectivity index (χ0n) is 12.7. The fraction of sp³-hybridized carbons (Fsp3) is 0.412. The molecule has 0 saturated heterocycles. The summed E-state index contributed by atoms with van der Waals surface area (Å²) in [6.07, 6.45) is 5.79. The third-order valence-corrected chi connectivity index (χ3v) is 4.96. The first-order valence-electron chi connectivity index (χ1n) is 7.66. The standard InChI is InChI=1S/C17H20N2O2S/c1-21-13-9-6-12(7-10-13)8-11-16(20)19-17-18-14-4-2-3-5-15(14)22-17/h6-7,9-10H,2-5,8,11H2,1H3,(H,18,19,20). The Labute approximate surface area is 134 Å². The van der Waals surface area contributed by atoms with Gasteiger partial charge in [0.1, 0.15) is 5.75 Å². The Hall–Kier alpha value is -1.88. The number of benzene rings is 1. The molecule has 1 N–H and O–H groups in total. The first-order chi connectivity index (χ1) is 10.7. The smallest absolute Gasteiger partial charge is 0.226 e. The zero-order chi connectivity index (χ0) is 15.4. The van der Waals surface area contributed by atoms with Crippen LogP contribution in [-0.4, -0.2) is 18.0 Å². The van der Waals surface area contributed by atoms with Crippen molar-refractivity contribution in [2.45, 2.75) is 38.5 Å². The third-order valence-electron chi connectivity index (χ3n) is 3.89. The summed E-state index contributed by atoms with van der Waals surface area (Å²) in [6, 6.07) is 7.83. The summed E-state index contributed by atoms with van der Waals surface area (Å²) in [5, 5.41) is 3.69. The van der Waals surface area contributed by atoms with E-state index >= 15 is 0 Å². The van der Waals surface area contributed by atoms with Gasteiger partial charge in [0.05, 0.1) is 12.8 Å². The Morgan fingerprint density at radius 1 is 1.27 bits per heavy atom. The number of ether oxygens (including phenoxy) is 1. The summed E-state index contributed by atoms with van der Waals surface area (Å²) in [6.45, 7) is 0. The van der Waals surface area contributed by atoms with Crippen molar-refractivity contribution >= 4 is 22.4 Å². The van der Waals surface area contributed by atoms with E-state index in [1.165, 1.54) is 23.4 Å². The number of hydrogen-bond donors (Lipinski definition) is 1. The van der Waals surface area contributed by atoms with E-state index in [0.717, 1.165) is 35.7 Å². The maximum atomic E-state index is 12.1. The predicted molar refractivity (Wildman–Crippen MR) is 88.7 cm³/mol. The number of anilines is 1. The number of carbonyl (C=O) groups excluding carboxylic acids is 1. The number of fused-ring (bicyclic) bond motifs is 1. The Kier molecular flexibility index (Phi) is 4.73. The Bertz CT molecular complexity index is 626. The van der Waals surface area contributed by atoms with Gasteiger partial charge in [-0.3, -0.25) is 4.79 Å². The Balaban J connectivity index is 1.52. The van der Waals surface area contributed by atoms with Crippen molar-refractivity contribution < 1.29 is 9.53 Å². The molecule has 1 heterocycles. The molecule has 0 fully saturated rings. The highest BCUT2D eigenvalue weighted by molar-refractivity contribution is 7.15. The number of aryl methyl sites for hydroxylation is 3. The number of carbonyl (C=O) groups is 1. The zero-order valence-corrected chi connectivity index (χ0v) is 13.5. The van der Waals surface area contributed by atoms with Gasteiger partial charge in [-0.1, -0.05) is 12.1 Å². The molecule has 116 valence electrons. The first kappa shape index (κ1) is 15.0. The van der Waals surface area contributed by atoms with E-state index in [-0.39, 0.29) is 5.91 Å². The average Bonchev–Trinajstić information content (AvgIpc) is 2.95. The van der Waals surface area contributed by atoms with Crippen molar-refractivity contribution in [2.75, 3.05) is 12.4 Å². The van der Waals surface area contributed by atoms with Crippen LogP contribution in [0.5, 0.6) is 5.75 Å². The lowest BCUT2D eigenvalue weighted by Gasteiger charge is -2.06. The van der Waals surface area contributed by atoms with Crippen LogP contribution in [0.3, 0.4) is 0 Å². The second-order valence-electron chi connectivity index (χ2n) is 5.49. The minimum atomic E-state index is 0.0296. The Morgan fingerprint density at radius 2 is 2.05 bits per heavy atom. The molecule has 2 aromatic rings. The molecule has 0 spiro atoms. The Morgan fingerprint density at radius 3 is 2.77 bits per heavy atom. The van der Waals surface area contributed by atoms with E-state index in [1.54, 1.807) is 18.4 Å². The van der Waals surface area contributed by atoms with Crippen LogP contribution in [0.2, 0.25) is 0 Å². The van der Waals surface area contributed by atoms with Gasteiger partial charge in [-0.15, -0.1) is 11.3 Å². The molecule has 4 nitrogen and oxygen atoms in total. The average molecular weight is 316 g/mol. The lowest BCUT2D eigenvalue weighted by molar-refractivity contribution is -0.116. The van der Waals surface area contributed by atoms with E-state index in [0.29, 0.717) is 6.42 Å². The van der Waals surface area contributed by atoms with Crippen molar-refractivity contribution in [1.82, 2.24) is 4.98 Å². The monoisotopic (exact) mass is 316 g/mol.